The zero-order chi connectivity index (χ0) is 17.1. The van der Waals surface area contributed by atoms with Gasteiger partial charge in [0.05, 0.1) is 4.90 Å². The van der Waals surface area contributed by atoms with Gasteiger partial charge >= 0.3 is 0 Å². The molecule has 0 aromatic heterocycles. The summed E-state index contributed by atoms with van der Waals surface area (Å²) in [6.07, 6.45) is 0. The molecule has 0 aliphatic rings. The normalized spacial score (nSPS) is 12.0. The monoisotopic (exact) mass is 330 g/mol. The summed E-state index contributed by atoms with van der Waals surface area (Å²) in [7, 11) is -3.62. The quantitative estimate of drug-likeness (QED) is 0.826. The summed E-state index contributed by atoms with van der Waals surface area (Å²) >= 11 is 0. The Hall–Kier alpha value is -2.11. The summed E-state index contributed by atoms with van der Waals surface area (Å²) in [5, 5.41) is 0. The standard InChI is InChI=1S/C18H22N2O2S/c1-14(15-10-12-16(13-11-15)18(2,3)4)19-20-23(21,22)17-8-6-5-7-9-17/h5-13,19-20H,1H2,2-4H3. The third-order valence-electron chi connectivity index (χ3n) is 3.49. The summed E-state index contributed by atoms with van der Waals surface area (Å²) in [6.45, 7) is 10.3. The third kappa shape index (κ3) is 4.43. The van der Waals surface area contributed by atoms with Crippen molar-refractivity contribution >= 4 is 15.7 Å². The zero-order valence-electron chi connectivity index (χ0n) is 13.6. The molecule has 0 atom stereocenters. The van der Waals surface area contributed by atoms with Crippen molar-refractivity contribution in [3.8, 4) is 0 Å². The van der Waals surface area contributed by atoms with Crippen LogP contribution in [0.5, 0.6) is 0 Å². The molecule has 0 spiro atoms. The minimum Gasteiger partial charge on any atom is -0.308 e. The molecule has 2 aromatic carbocycles. The third-order valence-corrected chi connectivity index (χ3v) is 4.75. The molecule has 0 fully saturated rings. The van der Waals surface area contributed by atoms with Gasteiger partial charge in [-0.1, -0.05) is 69.8 Å². The first-order valence-electron chi connectivity index (χ1n) is 7.33. The van der Waals surface area contributed by atoms with E-state index in [1.165, 1.54) is 17.7 Å². The minimum atomic E-state index is -3.62. The Bertz CT molecular complexity index is 774. The van der Waals surface area contributed by atoms with Gasteiger partial charge in [0.15, 0.2) is 0 Å². The first-order chi connectivity index (χ1) is 10.7. The fourth-order valence-corrected chi connectivity index (χ4v) is 2.92. The highest BCUT2D eigenvalue weighted by molar-refractivity contribution is 7.89. The molecule has 0 saturated heterocycles. The maximum atomic E-state index is 12.1. The van der Waals surface area contributed by atoms with Crippen molar-refractivity contribution in [3.05, 3.63) is 72.3 Å². The van der Waals surface area contributed by atoms with Crippen LogP contribution in [0.3, 0.4) is 0 Å². The SMILES string of the molecule is C=C(NNS(=O)(=O)c1ccccc1)c1ccc(C(C)(C)C)cc1. The molecule has 23 heavy (non-hydrogen) atoms. The molecule has 5 heteroatoms. The van der Waals surface area contributed by atoms with Gasteiger partial charge in [0.2, 0.25) is 0 Å². The molecule has 122 valence electrons. The maximum absolute atomic E-state index is 12.1. The molecule has 2 N–H and O–H groups in total. The van der Waals surface area contributed by atoms with Gasteiger partial charge in [0, 0.05) is 5.70 Å². The van der Waals surface area contributed by atoms with Crippen molar-refractivity contribution in [2.75, 3.05) is 0 Å². The lowest BCUT2D eigenvalue weighted by Gasteiger charge is -2.19. The Labute approximate surface area is 138 Å². The summed E-state index contributed by atoms with van der Waals surface area (Å²) < 4.78 is 24.3. The van der Waals surface area contributed by atoms with Crippen LogP contribution < -0.4 is 10.3 Å². The number of hydrazine groups is 1. The fourth-order valence-electron chi connectivity index (χ4n) is 2.03. The van der Waals surface area contributed by atoms with Crippen molar-refractivity contribution < 1.29 is 8.42 Å². The molecule has 0 aliphatic heterocycles. The van der Waals surface area contributed by atoms with E-state index < -0.39 is 10.0 Å². The molecule has 0 aliphatic carbocycles. The van der Waals surface area contributed by atoms with Crippen LogP contribution in [0.4, 0.5) is 0 Å². The lowest BCUT2D eigenvalue weighted by molar-refractivity contribution is 0.576. The van der Waals surface area contributed by atoms with E-state index in [2.05, 4.69) is 37.6 Å². The Morgan fingerprint density at radius 3 is 2.04 bits per heavy atom. The summed E-state index contributed by atoms with van der Waals surface area (Å²) in [6, 6.07) is 16.1. The van der Waals surface area contributed by atoms with Crippen molar-refractivity contribution in [1.82, 2.24) is 10.3 Å². The number of benzene rings is 2. The minimum absolute atomic E-state index is 0.0716. The zero-order valence-corrected chi connectivity index (χ0v) is 14.4. The average molecular weight is 330 g/mol. The lowest BCUT2D eigenvalue weighted by atomic mass is 9.86. The Morgan fingerprint density at radius 1 is 0.957 bits per heavy atom. The van der Waals surface area contributed by atoms with Crippen LogP contribution >= 0.6 is 0 Å². The maximum Gasteiger partial charge on any atom is 0.257 e. The second-order valence-electron chi connectivity index (χ2n) is 6.35. The second kappa shape index (κ2) is 6.56. The van der Waals surface area contributed by atoms with Gasteiger partial charge in [0.25, 0.3) is 10.0 Å². The number of nitrogens with one attached hydrogen (secondary N) is 2. The summed E-state index contributed by atoms with van der Waals surface area (Å²) in [5.41, 5.74) is 5.26. The Kier molecular flexibility index (Phi) is 4.92. The van der Waals surface area contributed by atoms with E-state index >= 15 is 0 Å². The second-order valence-corrected chi connectivity index (χ2v) is 8.03. The van der Waals surface area contributed by atoms with E-state index in [1.807, 2.05) is 24.3 Å². The van der Waals surface area contributed by atoms with Crippen LogP contribution in [-0.2, 0) is 15.4 Å². The van der Waals surface area contributed by atoms with Gasteiger partial charge in [0.1, 0.15) is 0 Å². The largest absolute Gasteiger partial charge is 0.308 e. The highest BCUT2D eigenvalue weighted by Gasteiger charge is 2.15. The smallest absolute Gasteiger partial charge is 0.257 e. The van der Waals surface area contributed by atoms with Gasteiger partial charge in [-0.2, -0.15) is 0 Å². The molecule has 0 unspecified atom stereocenters. The number of hydrogen-bond donors (Lipinski definition) is 2. The van der Waals surface area contributed by atoms with Crippen LogP contribution in [0.2, 0.25) is 0 Å². The molecular weight excluding hydrogens is 308 g/mol. The van der Waals surface area contributed by atoms with E-state index in [9.17, 15) is 8.42 Å². The summed E-state index contributed by atoms with van der Waals surface area (Å²) in [4.78, 5) is 2.54. The van der Waals surface area contributed by atoms with E-state index in [0.717, 1.165) is 5.56 Å². The lowest BCUT2D eigenvalue weighted by Crippen LogP contribution is -2.35. The highest BCUT2D eigenvalue weighted by Crippen LogP contribution is 2.23. The van der Waals surface area contributed by atoms with Gasteiger partial charge in [-0.25, -0.2) is 8.42 Å². The topological polar surface area (TPSA) is 58.2 Å². The van der Waals surface area contributed by atoms with Crippen LogP contribution in [0.1, 0.15) is 31.9 Å². The van der Waals surface area contributed by atoms with Crippen molar-refractivity contribution in [2.45, 2.75) is 31.1 Å². The molecule has 0 saturated carbocycles. The number of hydrogen-bond acceptors (Lipinski definition) is 3. The molecule has 4 nitrogen and oxygen atoms in total. The first-order valence-corrected chi connectivity index (χ1v) is 8.81. The van der Waals surface area contributed by atoms with E-state index in [1.54, 1.807) is 18.2 Å². The molecule has 0 amide bonds. The molecule has 0 heterocycles. The van der Waals surface area contributed by atoms with E-state index in [4.69, 9.17) is 0 Å². The summed E-state index contributed by atoms with van der Waals surface area (Å²) in [5.74, 6) is 0. The van der Waals surface area contributed by atoms with E-state index in [0.29, 0.717) is 5.70 Å². The van der Waals surface area contributed by atoms with Crippen molar-refractivity contribution in [1.29, 1.82) is 0 Å². The van der Waals surface area contributed by atoms with E-state index in [-0.39, 0.29) is 10.3 Å². The number of rotatable bonds is 5. The Balaban J connectivity index is 2.05. The van der Waals surface area contributed by atoms with Gasteiger partial charge in [-0.3, -0.25) is 0 Å². The molecule has 2 aromatic rings. The molecule has 0 bridgehead atoms. The first kappa shape index (κ1) is 17.2. The molecule has 2 rings (SSSR count). The average Bonchev–Trinajstić information content (AvgIpc) is 2.53. The highest BCUT2D eigenvalue weighted by atomic mass is 32.2. The predicted octanol–water partition coefficient (Wildman–Crippen LogP) is 3.44. The predicted molar refractivity (Wildman–Crippen MR) is 94.1 cm³/mol. The van der Waals surface area contributed by atoms with Crippen LogP contribution in [-0.4, -0.2) is 8.42 Å². The molecule has 0 radical (unpaired) electrons. The number of sulfonamides is 1. The molecular formula is C18H22N2O2S. The Morgan fingerprint density at radius 2 is 1.52 bits per heavy atom. The van der Waals surface area contributed by atoms with Crippen LogP contribution in [0, 0.1) is 0 Å². The fraction of sp³-hybridized carbons (Fsp3) is 0.222. The van der Waals surface area contributed by atoms with Crippen LogP contribution in [0.15, 0.2) is 66.1 Å². The van der Waals surface area contributed by atoms with Crippen LogP contribution in [0.25, 0.3) is 5.70 Å². The van der Waals surface area contributed by atoms with Crippen molar-refractivity contribution in [3.63, 3.8) is 0 Å². The van der Waals surface area contributed by atoms with Gasteiger partial charge in [-0.05, 0) is 28.7 Å². The van der Waals surface area contributed by atoms with Gasteiger partial charge < -0.3 is 5.43 Å². The van der Waals surface area contributed by atoms with Gasteiger partial charge in [-0.15, -0.1) is 4.83 Å². The van der Waals surface area contributed by atoms with Crippen molar-refractivity contribution in [2.24, 2.45) is 0 Å².